The molecular formula is C14H21NO2S. The standard InChI is InChI=1S/C14H21NO2S/c1-11(6-5-9-16)15-14(17)13(18)10-12-7-3-2-4-8-12/h2-4,7-8,11,13,16,18H,5-6,9-10H2,1H3,(H,15,17). The first-order valence-corrected chi connectivity index (χ1v) is 6.78. The molecule has 0 heterocycles. The largest absolute Gasteiger partial charge is 0.396 e. The Hall–Kier alpha value is -1.00. The third kappa shape index (κ3) is 5.56. The number of aliphatic hydroxyl groups is 1. The Bertz CT molecular complexity index is 356. The molecule has 2 N–H and O–H groups in total. The molecule has 18 heavy (non-hydrogen) atoms. The van der Waals surface area contributed by atoms with E-state index in [1.807, 2.05) is 37.3 Å². The van der Waals surface area contributed by atoms with Crippen molar-refractivity contribution < 1.29 is 9.90 Å². The molecule has 0 aliphatic rings. The summed E-state index contributed by atoms with van der Waals surface area (Å²) in [5.74, 6) is -0.0485. The minimum absolute atomic E-state index is 0.0485. The van der Waals surface area contributed by atoms with Gasteiger partial charge in [0.2, 0.25) is 5.91 Å². The van der Waals surface area contributed by atoms with Crippen molar-refractivity contribution in [2.24, 2.45) is 0 Å². The van der Waals surface area contributed by atoms with E-state index < -0.39 is 0 Å². The van der Waals surface area contributed by atoms with Crippen molar-refractivity contribution in [3.8, 4) is 0 Å². The molecule has 0 aromatic heterocycles. The van der Waals surface area contributed by atoms with E-state index >= 15 is 0 Å². The topological polar surface area (TPSA) is 49.3 Å². The zero-order chi connectivity index (χ0) is 13.4. The van der Waals surface area contributed by atoms with Gasteiger partial charge in [0.15, 0.2) is 0 Å². The molecule has 0 fully saturated rings. The molecule has 0 aliphatic carbocycles. The Kier molecular flexibility index (Phi) is 6.83. The fourth-order valence-electron chi connectivity index (χ4n) is 1.74. The van der Waals surface area contributed by atoms with Crippen LogP contribution >= 0.6 is 12.6 Å². The van der Waals surface area contributed by atoms with Crippen LogP contribution in [0.5, 0.6) is 0 Å². The number of hydrogen-bond donors (Lipinski definition) is 3. The van der Waals surface area contributed by atoms with Gasteiger partial charge in [-0.25, -0.2) is 0 Å². The number of thiol groups is 1. The maximum Gasteiger partial charge on any atom is 0.233 e. The zero-order valence-electron chi connectivity index (χ0n) is 10.7. The molecule has 100 valence electrons. The Balaban J connectivity index is 2.37. The van der Waals surface area contributed by atoms with E-state index in [9.17, 15) is 4.79 Å². The Morgan fingerprint density at radius 1 is 1.39 bits per heavy atom. The molecule has 0 radical (unpaired) electrons. The lowest BCUT2D eigenvalue weighted by atomic mass is 10.1. The molecule has 3 nitrogen and oxygen atoms in total. The normalized spacial score (nSPS) is 13.9. The molecule has 0 spiro atoms. The van der Waals surface area contributed by atoms with Crippen molar-refractivity contribution >= 4 is 18.5 Å². The van der Waals surface area contributed by atoms with Gasteiger partial charge in [-0.3, -0.25) is 4.79 Å². The molecule has 0 aliphatic heterocycles. The predicted molar refractivity (Wildman–Crippen MR) is 76.8 cm³/mol. The van der Waals surface area contributed by atoms with Crippen LogP contribution in [-0.4, -0.2) is 28.9 Å². The number of carbonyl (C=O) groups is 1. The first-order chi connectivity index (χ1) is 8.63. The molecule has 1 aromatic rings. The first-order valence-electron chi connectivity index (χ1n) is 6.26. The van der Waals surface area contributed by atoms with E-state index in [1.54, 1.807) is 0 Å². The van der Waals surface area contributed by atoms with Crippen LogP contribution in [0.1, 0.15) is 25.3 Å². The number of aliphatic hydroxyl groups excluding tert-OH is 1. The smallest absolute Gasteiger partial charge is 0.233 e. The summed E-state index contributed by atoms with van der Waals surface area (Å²) in [6, 6.07) is 9.93. The van der Waals surface area contributed by atoms with Gasteiger partial charge in [-0.05, 0) is 31.7 Å². The van der Waals surface area contributed by atoms with E-state index in [2.05, 4.69) is 17.9 Å². The van der Waals surface area contributed by atoms with E-state index in [0.717, 1.165) is 12.0 Å². The van der Waals surface area contributed by atoms with Crippen molar-refractivity contribution in [2.75, 3.05) is 6.61 Å². The SMILES string of the molecule is CC(CCCO)NC(=O)C(S)Cc1ccccc1. The number of carbonyl (C=O) groups excluding carboxylic acids is 1. The number of hydrogen-bond acceptors (Lipinski definition) is 3. The van der Waals surface area contributed by atoms with E-state index in [0.29, 0.717) is 12.8 Å². The van der Waals surface area contributed by atoms with E-state index in [1.165, 1.54) is 0 Å². The van der Waals surface area contributed by atoms with Crippen LogP contribution in [0.2, 0.25) is 0 Å². The summed E-state index contributed by atoms with van der Waals surface area (Å²) in [6.45, 7) is 2.10. The van der Waals surface area contributed by atoms with E-state index in [-0.39, 0.29) is 23.8 Å². The average molecular weight is 267 g/mol. The Morgan fingerprint density at radius 2 is 2.06 bits per heavy atom. The average Bonchev–Trinajstić information content (AvgIpc) is 2.37. The monoisotopic (exact) mass is 267 g/mol. The second kappa shape index (κ2) is 8.16. The summed E-state index contributed by atoms with van der Waals surface area (Å²) in [5.41, 5.74) is 1.11. The van der Waals surface area contributed by atoms with Crippen LogP contribution in [0.15, 0.2) is 30.3 Å². The van der Waals surface area contributed by atoms with Crippen molar-refractivity contribution in [1.29, 1.82) is 0 Å². The van der Waals surface area contributed by atoms with Crippen molar-refractivity contribution in [2.45, 2.75) is 37.5 Å². The third-order valence-electron chi connectivity index (χ3n) is 2.76. The molecule has 1 amide bonds. The van der Waals surface area contributed by atoms with Gasteiger partial charge in [-0.2, -0.15) is 12.6 Å². The molecule has 4 heteroatoms. The Morgan fingerprint density at radius 3 is 2.67 bits per heavy atom. The van der Waals surface area contributed by atoms with Gasteiger partial charge in [-0.1, -0.05) is 30.3 Å². The van der Waals surface area contributed by atoms with Gasteiger partial charge >= 0.3 is 0 Å². The third-order valence-corrected chi connectivity index (χ3v) is 3.18. The lowest BCUT2D eigenvalue weighted by molar-refractivity contribution is -0.121. The zero-order valence-corrected chi connectivity index (χ0v) is 11.6. The lowest BCUT2D eigenvalue weighted by Gasteiger charge is -2.16. The minimum atomic E-state index is -0.330. The predicted octanol–water partition coefficient (Wildman–Crippen LogP) is 1.80. The summed E-state index contributed by atoms with van der Waals surface area (Å²) >= 11 is 4.34. The van der Waals surface area contributed by atoms with Gasteiger partial charge in [-0.15, -0.1) is 0 Å². The molecule has 0 bridgehead atoms. The van der Waals surface area contributed by atoms with Crippen LogP contribution in [0.3, 0.4) is 0 Å². The number of nitrogens with one attached hydrogen (secondary N) is 1. The summed E-state index contributed by atoms with van der Waals surface area (Å²) in [4.78, 5) is 11.9. The highest BCUT2D eigenvalue weighted by Gasteiger charge is 2.16. The second-order valence-corrected chi connectivity index (χ2v) is 5.10. The van der Waals surface area contributed by atoms with E-state index in [4.69, 9.17) is 5.11 Å². The van der Waals surface area contributed by atoms with Crippen LogP contribution in [0.4, 0.5) is 0 Å². The lowest BCUT2D eigenvalue weighted by Crippen LogP contribution is -2.38. The van der Waals surface area contributed by atoms with Crippen LogP contribution in [-0.2, 0) is 11.2 Å². The summed E-state index contributed by atoms with van der Waals surface area (Å²) in [5, 5.41) is 11.3. The summed E-state index contributed by atoms with van der Waals surface area (Å²) < 4.78 is 0. The minimum Gasteiger partial charge on any atom is -0.396 e. The molecule has 2 unspecified atom stereocenters. The van der Waals surface area contributed by atoms with Gasteiger partial charge in [0, 0.05) is 12.6 Å². The molecule has 1 aromatic carbocycles. The summed E-state index contributed by atoms with van der Waals surface area (Å²) in [7, 11) is 0. The van der Waals surface area contributed by atoms with Gasteiger partial charge in [0.25, 0.3) is 0 Å². The first kappa shape index (κ1) is 15.1. The number of benzene rings is 1. The molecular weight excluding hydrogens is 246 g/mol. The fraction of sp³-hybridized carbons (Fsp3) is 0.500. The van der Waals surface area contributed by atoms with Crippen LogP contribution in [0.25, 0.3) is 0 Å². The fourth-order valence-corrected chi connectivity index (χ4v) is 2.02. The molecule has 1 rings (SSSR count). The Labute approximate surface area is 114 Å². The molecule has 0 saturated heterocycles. The highest BCUT2D eigenvalue weighted by Crippen LogP contribution is 2.08. The van der Waals surface area contributed by atoms with Gasteiger partial charge < -0.3 is 10.4 Å². The van der Waals surface area contributed by atoms with Crippen molar-refractivity contribution in [3.05, 3.63) is 35.9 Å². The molecule has 0 saturated carbocycles. The van der Waals surface area contributed by atoms with Crippen molar-refractivity contribution in [1.82, 2.24) is 5.32 Å². The summed E-state index contributed by atoms with van der Waals surface area (Å²) in [6.07, 6.45) is 2.12. The number of amides is 1. The highest BCUT2D eigenvalue weighted by atomic mass is 32.1. The molecule has 2 atom stereocenters. The quantitative estimate of drug-likeness (QED) is 0.660. The van der Waals surface area contributed by atoms with Gasteiger partial charge in [0.05, 0.1) is 5.25 Å². The highest BCUT2D eigenvalue weighted by molar-refractivity contribution is 7.81. The maximum absolute atomic E-state index is 11.9. The van der Waals surface area contributed by atoms with Crippen LogP contribution < -0.4 is 5.32 Å². The van der Waals surface area contributed by atoms with Crippen LogP contribution in [0, 0.1) is 0 Å². The van der Waals surface area contributed by atoms with Gasteiger partial charge in [0.1, 0.15) is 0 Å². The second-order valence-electron chi connectivity index (χ2n) is 4.48. The number of rotatable bonds is 7. The maximum atomic E-state index is 11.9. The van der Waals surface area contributed by atoms with Crippen molar-refractivity contribution in [3.63, 3.8) is 0 Å².